The highest BCUT2D eigenvalue weighted by atomic mass is 32.1. The Morgan fingerprint density at radius 1 is 1.00 bits per heavy atom. The van der Waals surface area contributed by atoms with Crippen molar-refractivity contribution in [2.45, 2.75) is 6.54 Å². The van der Waals surface area contributed by atoms with Crippen LogP contribution in [0.25, 0.3) is 11.1 Å². The molecule has 23 heavy (non-hydrogen) atoms. The molecular formula is C19H14N2OS. The smallest absolute Gasteiger partial charge is 0.150 e. The number of hydrogen-bond acceptors (Lipinski definition) is 3. The first-order valence-electron chi connectivity index (χ1n) is 7.16. The lowest BCUT2D eigenvalue weighted by Gasteiger charge is -2.09. The fourth-order valence-electron chi connectivity index (χ4n) is 2.47. The average Bonchev–Trinajstić information content (AvgIpc) is 2.59. The van der Waals surface area contributed by atoms with Crippen LogP contribution in [0.5, 0.6) is 5.75 Å². The topological polar surface area (TPSA) is 49.0 Å². The fourth-order valence-corrected chi connectivity index (χ4v) is 2.66. The van der Waals surface area contributed by atoms with Crippen LogP contribution >= 0.6 is 12.2 Å². The van der Waals surface area contributed by atoms with Crippen LogP contribution in [0.4, 0.5) is 0 Å². The van der Waals surface area contributed by atoms with Gasteiger partial charge in [-0.1, -0.05) is 54.7 Å². The third kappa shape index (κ3) is 3.15. The molecule has 0 atom stereocenters. The highest BCUT2D eigenvalue weighted by Gasteiger charge is 2.04. The molecule has 3 aromatic rings. The Bertz CT molecular complexity index is 937. The minimum absolute atomic E-state index is 0.113. The molecule has 0 spiro atoms. The molecule has 0 aliphatic rings. The van der Waals surface area contributed by atoms with E-state index >= 15 is 0 Å². The van der Waals surface area contributed by atoms with Crippen molar-refractivity contribution in [2.75, 3.05) is 0 Å². The second-order valence-corrected chi connectivity index (χ2v) is 5.57. The number of pyridine rings is 1. The van der Waals surface area contributed by atoms with E-state index in [2.05, 4.69) is 6.07 Å². The first-order valence-corrected chi connectivity index (χ1v) is 7.57. The largest absolute Gasteiger partial charge is 0.505 e. The highest BCUT2D eigenvalue weighted by Crippen LogP contribution is 2.24. The van der Waals surface area contributed by atoms with Crippen molar-refractivity contribution in [3.8, 4) is 22.9 Å². The first kappa shape index (κ1) is 15.0. The van der Waals surface area contributed by atoms with E-state index < -0.39 is 0 Å². The van der Waals surface area contributed by atoms with Crippen LogP contribution in [0.1, 0.15) is 11.1 Å². The van der Waals surface area contributed by atoms with Gasteiger partial charge in [0, 0.05) is 12.7 Å². The van der Waals surface area contributed by atoms with Crippen molar-refractivity contribution < 1.29 is 5.11 Å². The lowest BCUT2D eigenvalue weighted by molar-refractivity contribution is 0.464. The van der Waals surface area contributed by atoms with Gasteiger partial charge in [0.1, 0.15) is 10.4 Å². The van der Waals surface area contributed by atoms with E-state index in [-0.39, 0.29) is 5.75 Å². The maximum atomic E-state index is 9.67. The summed E-state index contributed by atoms with van der Waals surface area (Å²) in [6.07, 6.45) is 1.85. The summed E-state index contributed by atoms with van der Waals surface area (Å²) in [5, 5.41) is 18.9. The number of aromatic hydroxyl groups is 1. The summed E-state index contributed by atoms with van der Waals surface area (Å²) in [7, 11) is 0. The first-order chi connectivity index (χ1) is 11.2. The zero-order valence-corrected chi connectivity index (χ0v) is 13.1. The van der Waals surface area contributed by atoms with Gasteiger partial charge in [-0.05, 0) is 34.9 Å². The molecule has 0 aliphatic carbocycles. The Balaban J connectivity index is 1.90. The van der Waals surface area contributed by atoms with Gasteiger partial charge in [-0.25, -0.2) is 0 Å². The maximum Gasteiger partial charge on any atom is 0.150 e. The molecule has 0 radical (unpaired) electrons. The molecule has 3 nitrogen and oxygen atoms in total. The van der Waals surface area contributed by atoms with Crippen molar-refractivity contribution in [3.63, 3.8) is 0 Å². The lowest BCUT2D eigenvalue weighted by Crippen LogP contribution is -2.01. The molecule has 0 unspecified atom stereocenters. The van der Waals surface area contributed by atoms with E-state index in [4.69, 9.17) is 12.2 Å². The summed E-state index contributed by atoms with van der Waals surface area (Å²) in [4.78, 5) is 0. The zero-order valence-electron chi connectivity index (χ0n) is 12.3. The number of benzene rings is 2. The van der Waals surface area contributed by atoms with Gasteiger partial charge in [-0.3, -0.25) is 0 Å². The maximum absolute atomic E-state index is 9.67. The van der Waals surface area contributed by atoms with Crippen molar-refractivity contribution in [1.29, 1.82) is 5.26 Å². The molecule has 3 rings (SSSR count). The standard InChI is InChI=1S/C19H14N2OS/c20-12-16-4-1-2-5-17(16)15-9-7-14(8-10-15)13-21-11-3-6-18(22)19(21)23/h1-11,22H,13H2. The molecule has 0 fully saturated rings. The number of nitriles is 1. The number of rotatable bonds is 3. The summed E-state index contributed by atoms with van der Waals surface area (Å²) in [5.74, 6) is 0.113. The predicted molar refractivity (Wildman–Crippen MR) is 92.6 cm³/mol. The summed E-state index contributed by atoms with van der Waals surface area (Å²) in [6, 6.07) is 21.1. The second kappa shape index (κ2) is 6.47. The van der Waals surface area contributed by atoms with E-state index in [1.807, 2.05) is 59.3 Å². The molecule has 0 saturated carbocycles. The second-order valence-electron chi connectivity index (χ2n) is 5.18. The molecule has 0 bridgehead atoms. The van der Waals surface area contributed by atoms with Crippen LogP contribution in [0, 0.1) is 16.0 Å². The summed E-state index contributed by atoms with van der Waals surface area (Å²) >= 11 is 5.20. The Hall–Kier alpha value is -2.90. The van der Waals surface area contributed by atoms with Crippen LogP contribution in [-0.4, -0.2) is 9.67 Å². The van der Waals surface area contributed by atoms with Gasteiger partial charge < -0.3 is 9.67 Å². The van der Waals surface area contributed by atoms with Gasteiger partial charge in [-0.2, -0.15) is 5.26 Å². The van der Waals surface area contributed by atoms with Crippen LogP contribution in [0.3, 0.4) is 0 Å². The average molecular weight is 318 g/mol. The van der Waals surface area contributed by atoms with Crippen molar-refractivity contribution in [1.82, 2.24) is 4.57 Å². The molecule has 2 aromatic carbocycles. The van der Waals surface area contributed by atoms with Crippen molar-refractivity contribution >= 4 is 12.2 Å². The van der Waals surface area contributed by atoms with Crippen molar-refractivity contribution in [2.24, 2.45) is 0 Å². The van der Waals surface area contributed by atoms with Crippen LogP contribution < -0.4 is 0 Å². The zero-order chi connectivity index (χ0) is 16.2. The molecule has 0 aliphatic heterocycles. The van der Waals surface area contributed by atoms with Gasteiger partial charge in [0.05, 0.1) is 11.6 Å². The molecular weight excluding hydrogens is 304 g/mol. The normalized spacial score (nSPS) is 10.2. The molecule has 1 aromatic heterocycles. The Morgan fingerprint density at radius 2 is 1.74 bits per heavy atom. The van der Waals surface area contributed by atoms with E-state index in [1.54, 1.807) is 12.1 Å². The van der Waals surface area contributed by atoms with Crippen molar-refractivity contribution in [3.05, 3.63) is 82.6 Å². The van der Waals surface area contributed by atoms with Gasteiger partial charge in [0.2, 0.25) is 0 Å². The van der Waals surface area contributed by atoms with E-state index in [0.29, 0.717) is 16.7 Å². The van der Waals surface area contributed by atoms with Gasteiger partial charge in [-0.15, -0.1) is 0 Å². The number of aromatic nitrogens is 1. The minimum Gasteiger partial charge on any atom is -0.505 e. The Morgan fingerprint density at radius 3 is 2.48 bits per heavy atom. The predicted octanol–water partition coefficient (Wildman–Crippen LogP) is 4.51. The molecule has 0 amide bonds. The number of nitrogens with zero attached hydrogens (tertiary/aromatic N) is 2. The highest BCUT2D eigenvalue weighted by molar-refractivity contribution is 7.71. The minimum atomic E-state index is 0.113. The van der Waals surface area contributed by atoms with E-state index in [9.17, 15) is 10.4 Å². The fraction of sp³-hybridized carbons (Fsp3) is 0.0526. The molecule has 112 valence electrons. The van der Waals surface area contributed by atoms with Gasteiger partial charge >= 0.3 is 0 Å². The van der Waals surface area contributed by atoms with Crippen LogP contribution in [0.2, 0.25) is 0 Å². The van der Waals surface area contributed by atoms with Gasteiger partial charge in [0.15, 0.2) is 0 Å². The summed E-state index contributed by atoms with van der Waals surface area (Å²) in [5.41, 5.74) is 3.67. The monoisotopic (exact) mass is 318 g/mol. The molecule has 1 heterocycles. The van der Waals surface area contributed by atoms with Crippen LogP contribution in [-0.2, 0) is 6.54 Å². The van der Waals surface area contributed by atoms with Crippen LogP contribution in [0.15, 0.2) is 66.9 Å². The Kier molecular flexibility index (Phi) is 4.22. The SMILES string of the molecule is N#Cc1ccccc1-c1ccc(Cn2cccc(O)c2=S)cc1. The molecule has 4 heteroatoms. The van der Waals surface area contributed by atoms with E-state index in [0.717, 1.165) is 16.7 Å². The summed E-state index contributed by atoms with van der Waals surface area (Å²) in [6.45, 7) is 0.591. The lowest BCUT2D eigenvalue weighted by atomic mass is 9.99. The van der Waals surface area contributed by atoms with Gasteiger partial charge in [0.25, 0.3) is 0 Å². The third-order valence-electron chi connectivity index (χ3n) is 3.67. The number of hydrogen-bond donors (Lipinski definition) is 1. The summed E-state index contributed by atoms with van der Waals surface area (Å²) < 4.78 is 2.24. The molecule has 0 saturated heterocycles. The quantitative estimate of drug-likeness (QED) is 0.723. The Labute approximate surface area is 139 Å². The van der Waals surface area contributed by atoms with E-state index in [1.165, 1.54) is 0 Å². The molecule has 1 N–H and O–H groups in total. The third-order valence-corrected chi connectivity index (χ3v) is 4.11.